The molecule has 0 saturated heterocycles. The van der Waals surface area contributed by atoms with Crippen molar-refractivity contribution < 1.29 is 15.1 Å². The van der Waals surface area contributed by atoms with Crippen LogP contribution in [0, 0.1) is 34.5 Å². The van der Waals surface area contributed by atoms with Crippen LogP contribution in [0.5, 0.6) is 0 Å². The van der Waals surface area contributed by atoms with E-state index in [4.69, 9.17) is 4.84 Å². The molecule has 8 unspecified atom stereocenters. The Hall–Kier alpha value is -0.870. The van der Waals surface area contributed by atoms with Gasteiger partial charge in [0.2, 0.25) is 0 Å². The van der Waals surface area contributed by atoms with Gasteiger partial charge in [0.15, 0.2) is 0 Å². The van der Waals surface area contributed by atoms with Crippen LogP contribution in [0.25, 0.3) is 0 Å². The van der Waals surface area contributed by atoms with Crippen molar-refractivity contribution >= 4 is 5.71 Å². The molecule has 0 aromatic carbocycles. The highest BCUT2D eigenvalue weighted by atomic mass is 16.6. The second-order valence-electron chi connectivity index (χ2n) is 10.9. The fourth-order valence-corrected chi connectivity index (χ4v) is 7.73. The first-order valence-corrected chi connectivity index (χ1v) is 12.0. The Morgan fingerprint density at radius 3 is 2.76 bits per heavy atom. The molecule has 29 heavy (non-hydrogen) atoms. The molecule has 3 saturated carbocycles. The molecule has 0 aromatic heterocycles. The Bertz CT molecular complexity index is 673. The molecule has 0 aliphatic heterocycles. The van der Waals surface area contributed by atoms with Gasteiger partial charge in [-0.3, -0.25) is 0 Å². The minimum atomic E-state index is -0.424. The second kappa shape index (κ2) is 8.00. The Morgan fingerprint density at radius 1 is 1.21 bits per heavy atom. The molecule has 4 nitrogen and oxygen atoms in total. The van der Waals surface area contributed by atoms with E-state index < -0.39 is 6.10 Å². The summed E-state index contributed by atoms with van der Waals surface area (Å²) < 4.78 is 0. The number of aliphatic hydroxyl groups excluding tert-OH is 2. The van der Waals surface area contributed by atoms with Crippen LogP contribution < -0.4 is 0 Å². The summed E-state index contributed by atoms with van der Waals surface area (Å²) in [6.45, 7) is 9.39. The normalized spacial score (nSPS) is 45.7. The van der Waals surface area contributed by atoms with Crippen molar-refractivity contribution in [2.45, 2.75) is 97.7 Å². The molecule has 2 N–H and O–H groups in total. The molecule has 8 atom stereocenters. The lowest BCUT2D eigenvalue weighted by molar-refractivity contribution is -0.0428. The van der Waals surface area contributed by atoms with Gasteiger partial charge in [-0.25, -0.2) is 0 Å². The van der Waals surface area contributed by atoms with Gasteiger partial charge in [0.05, 0.1) is 17.9 Å². The van der Waals surface area contributed by atoms with E-state index in [0.717, 1.165) is 42.7 Å². The van der Waals surface area contributed by atoms with Crippen LogP contribution in [0.1, 0.15) is 85.5 Å². The number of allylic oxidation sites excluding steroid dienone is 1. The molecular weight excluding hydrogens is 362 g/mol. The standard InChI is InChI=1S/C25H41NO3/c1-5-18(27)15-29-26-16(2)21-8-9-22-20-7-6-17-14-19(28)10-12-24(17,3)23(20)11-13-25(21,22)4/h6,18-23,27-28H,5,7-15H2,1-4H3/b26-16-. The first-order chi connectivity index (χ1) is 13.8. The molecule has 0 aromatic rings. The maximum atomic E-state index is 10.2. The highest BCUT2D eigenvalue weighted by Gasteiger charge is 2.59. The number of aliphatic hydroxyl groups is 2. The number of fused-ring (bicyclic) bond motifs is 5. The summed E-state index contributed by atoms with van der Waals surface area (Å²) in [5.74, 6) is 2.82. The zero-order valence-corrected chi connectivity index (χ0v) is 18.9. The van der Waals surface area contributed by atoms with Gasteiger partial charge in [0.25, 0.3) is 0 Å². The molecule has 4 aliphatic rings. The Kier molecular flexibility index (Phi) is 5.89. The Morgan fingerprint density at radius 2 is 2.00 bits per heavy atom. The molecule has 0 radical (unpaired) electrons. The van der Waals surface area contributed by atoms with Gasteiger partial charge in [-0.2, -0.15) is 0 Å². The lowest BCUT2D eigenvalue weighted by atomic mass is 9.47. The highest BCUT2D eigenvalue weighted by molar-refractivity contribution is 5.85. The van der Waals surface area contributed by atoms with Crippen LogP contribution in [-0.4, -0.2) is 34.7 Å². The van der Waals surface area contributed by atoms with E-state index >= 15 is 0 Å². The lowest BCUT2D eigenvalue weighted by Crippen LogP contribution is -2.50. The maximum Gasteiger partial charge on any atom is 0.143 e. The van der Waals surface area contributed by atoms with Crippen LogP contribution in [0.2, 0.25) is 0 Å². The molecule has 0 bridgehead atoms. The van der Waals surface area contributed by atoms with Crippen molar-refractivity contribution in [2.24, 2.45) is 39.7 Å². The van der Waals surface area contributed by atoms with Gasteiger partial charge in [-0.05, 0) is 93.3 Å². The fourth-order valence-electron chi connectivity index (χ4n) is 7.73. The average molecular weight is 404 g/mol. The minimum Gasteiger partial charge on any atom is -0.393 e. The van der Waals surface area contributed by atoms with E-state index in [9.17, 15) is 10.2 Å². The molecule has 4 aliphatic carbocycles. The van der Waals surface area contributed by atoms with E-state index in [1.165, 1.54) is 32.1 Å². The number of nitrogens with zero attached hydrogens (tertiary/aromatic N) is 1. The summed E-state index contributed by atoms with van der Waals surface area (Å²) in [4.78, 5) is 5.49. The predicted octanol–water partition coefficient (Wildman–Crippen LogP) is 5.09. The summed E-state index contributed by atoms with van der Waals surface area (Å²) >= 11 is 0. The number of oxime groups is 1. The van der Waals surface area contributed by atoms with E-state index in [2.05, 4.69) is 32.0 Å². The van der Waals surface area contributed by atoms with Gasteiger partial charge in [0, 0.05) is 5.92 Å². The molecule has 4 heteroatoms. The van der Waals surface area contributed by atoms with Crippen LogP contribution in [0.3, 0.4) is 0 Å². The third-order valence-electron chi connectivity index (χ3n) is 9.53. The third-order valence-corrected chi connectivity index (χ3v) is 9.53. The topological polar surface area (TPSA) is 62.0 Å². The average Bonchev–Trinajstić information content (AvgIpc) is 3.05. The molecular formula is C25H41NO3. The number of rotatable bonds is 5. The van der Waals surface area contributed by atoms with E-state index in [0.29, 0.717) is 29.8 Å². The molecule has 0 spiro atoms. The summed E-state index contributed by atoms with van der Waals surface area (Å²) in [6, 6.07) is 0. The van der Waals surface area contributed by atoms with Crippen LogP contribution in [0.4, 0.5) is 0 Å². The van der Waals surface area contributed by atoms with E-state index in [-0.39, 0.29) is 6.10 Å². The second-order valence-corrected chi connectivity index (χ2v) is 10.9. The first-order valence-electron chi connectivity index (χ1n) is 12.0. The minimum absolute atomic E-state index is 0.124. The number of hydrogen-bond acceptors (Lipinski definition) is 4. The van der Waals surface area contributed by atoms with E-state index in [1.807, 2.05) is 6.92 Å². The van der Waals surface area contributed by atoms with Crippen molar-refractivity contribution in [1.82, 2.24) is 0 Å². The Balaban J connectivity index is 1.51. The van der Waals surface area contributed by atoms with Gasteiger partial charge in [0.1, 0.15) is 6.61 Å². The SMILES string of the molecule is CCC(O)CO/N=C(/C)C1CCC2C3CC=C4CC(O)CCC4(C)C3CCC12C. The quantitative estimate of drug-likeness (QED) is 0.382. The highest BCUT2D eigenvalue weighted by Crippen LogP contribution is 2.66. The van der Waals surface area contributed by atoms with E-state index in [1.54, 1.807) is 5.57 Å². The van der Waals surface area contributed by atoms with Crippen LogP contribution in [-0.2, 0) is 4.84 Å². The monoisotopic (exact) mass is 403 g/mol. The van der Waals surface area contributed by atoms with Crippen molar-refractivity contribution in [3.8, 4) is 0 Å². The maximum absolute atomic E-state index is 10.2. The smallest absolute Gasteiger partial charge is 0.143 e. The van der Waals surface area contributed by atoms with Crippen molar-refractivity contribution in [1.29, 1.82) is 0 Å². The summed E-state index contributed by atoms with van der Waals surface area (Å²) in [5, 5.41) is 24.3. The zero-order valence-electron chi connectivity index (χ0n) is 18.9. The first kappa shape index (κ1) is 21.4. The lowest BCUT2D eigenvalue weighted by Gasteiger charge is -2.58. The molecule has 3 fully saturated rings. The van der Waals surface area contributed by atoms with Gasteiger partial charge >= 0.3 is 0 Å². The molecule has 0 amide bonds. The van der Waals surface area contributed by atoms with Crippen LogP contribution >= 0.6 is 0 Å². The molecule has 164 valence electrons. The predicted molar refractivity (Wildman–Crippen MR) is 117 cm³/mol. The molecule has 4 rings (SSSR count). The van der Waals surface area contributed by atoms with Gasteiger partial charge < -0.3 is 15.1 Å². The summed E-state index contributed by atoms with van der Waals surface area (Å²) in [7, 11) is 0. The van der Waals surface area contributed by atoms with Gasteiger partial charge in [-0.1, -0.05) is 37.6 Å². The summed E-state index contributed by atoms with van der Waals surface area (Å²) in [6.07, 6.45) is 12.0. The largest absolute Gasteiger partial charge is 0.393 e. The van der Waals surface area contributed by atoms with Crippen molar-refractivity contribution in [3.63, 3.8) is 0 Å². The molecule has 0 heterocycles. The van der Waals surface area contributed by atoms with Crippen molar-refractivity contribution in [2.75, 3.05) is 6.61 Å². The zero-order chi connectivity index (χ0) is 20.8. The Labute approximate surface area is 176 Å². The van der Waals surface area contributed by atoms with Crippen LogP contribution in [0.15, 0.2) is 16.8 Å². The van der Waals surface area contributed by atoms with Crippen molar-refractivity contribution in [3.05, 3.63) is 11.6 Å². The summed E-state index contributed by atoms with van der Waals surface area (Å²) in [5.41, 5.74) is 3.30. The third kappa shape index (κ3) is 3.59. The fraction of sp³-hybridized carbons (Fsp3) is 0.880. The van der Waals surface area contributed by atoms with Gasteiger partial charge in [-0.15, -0.1) is 0 Å². The number of hydrogen-bond donors (Lipinski definition) is 2.